The second-order valence-corrected chi connectivity index (χ2v) is 5.95. The number of amides is 1. The Morgan fingerprint density at radius 1 is 1.28 bits per heavy atom. The SMILES string of the molecule is CC(=O)O.CC(=O)O.Cc1cccc(CN2C(=O)C[C@H]3NCC[C@H]32)n1. The molecule has 0 bridgehead atoms. The first-order chi connectivity index (χ1) is 11.7. The van der Waals surface area contributed by atoms with E-state index in [1.54, 1.807) is 0 Å². The Hall–Kier alpha value is -2.48. The van der Waals surface area contributed by atoms with E-state index in [1.807, 2.05) is 30.0 Å². The predicted octanol–water partition coefficient (Wildman–Crippen LogP) is 1.03. The van der Waals surface area contributed by atoms with Crippen molar-refractivity contribution in [1.29, 1.82) is 0 Å². The highest BCUT2D eigenvalue weighted by atomic mass is 16.4. The molecule has 0 saturated carbocycles. The van der Waals surface area contributed by atoms with Gasteiger partial charge in [0.2, 0.25) is 5.91 Å². The molecule has 0 radical (unpaired) electrons. The van der Waals surface area contributed by atoms with Gasteiger partial charge in [0.05, 0.1) is 12.2 Å². The summed E-state index contributed by atoms with van der Waals surface area (Å²) in [5, 5.41) is 18.2. The maximum absolute atomic E-state index is 11.9. The largest absolute Gasteiger partial charge is 0.481 e. The van der Waals surface area contributed by atoms with Gasteiger partial charge in [0.15, 0.2) is 0 Å². The van der Waals surface area contributed by atoms with Crippen molar-refractivity contribution in [3.05, 3.63) is 29.6 Å². The van der Waals surface area contributed by atoms with Crippen molar-refractivity contribution in [2.75, 3.05) is 6.54 Å². The van der Waals surface area contributed by atoms with Gasteiger partial charge in [-0.2, -0.15) is 0 Å². The van der Waals surface area contributed by atoms with Crippen LogP contribution in [0.1, 0.15) is 38.1 Å². The minimum Gasteiger partial charge on any atom is -0.481 e. The van der Waals surface area contributed by atoms with Crippen LogP contribution in [-0.4, -0.2) is 56.6 Å². The highest BCUT2D eigenvalue weighted by molar-refractivity contribution is 5.80. The topological polar surface area (TPSA) is 120 Å². The van der Waals surface area contributed by atoms with Gasteiger partial charge in [-0.15, -0.1) is 0 Å². The average molecular weight is 351 g/mol. The molecule has 2 saturated heterocycles. The summed E-state index contributed by atoms with van der Waals surface area (Å²) in [5.41, 5.74) is 2.00. The van der Waals surface area contributed by atoms with Crippen molar-refractivity contribution in [2.24, 2.45) is 0 Å². The highest BCUT2D eigenvalue weighted by Gasteiger charge is 2.42. The zero-order valence-electron chi connectivity index (χ0n) is 14.7. The van der Waals surface area contributed by atoms with Gasteiger partial charge in [-0.05, 0) is 32.0 Å². The van der Waals surface area contributed by atoms with E-state index in [1.165, 1.54) is 0 Å². The van der Waals surface area contributed by atoms with Crippen LogP contribution in [0.15, 0.2) is 18.2 Å². The number of aromatic nitrogens is 1. The van der Waals surface area contributed by atoms with Crippen LogP contribution >= 0.6 is 0 Å². The maximum Gasteiger partial charge on any atom is 0.300 e. The fraction of sp³-hybridized carbons (Fsp3) is 0.529. The number of rotatable bonds is 2. The van der Waals surface area contributed by atoms with Gasteiger partial charge in [-0.3, -0.25) is 19.4 Å². The fourth-order valence-corrected chi connectivity index (χ4v) is 2.89. The Kier molecular flexibility index (Phi) is 8.00. The lowest BCUT2D eigenvalue weighted by atomic mass is 10.1. The van der Waals surface area contributed by atoms with E-state index in [4.69, 9.17) is 19.8 Å². The minimum atomic E-state index is -0.833. The molecule has 8 heteroatoms. The minimum absolute atomic E-state index is 0.260. The molecular weight excluding hydrogens is 326 g/mol. The lowest BCUT2D eigenvalue weighted by Gasteiger charge is -2.23. The number of hydrogen-bond acceptors (Lipinski definition) is 5. The van der Waals surface area contributed by atoms with Crippen LogP contribution in [0.5, 0.6) is 0 Å². The lowest BCUT2D eigenvalue weighted by molar-refractivity contribution is -0.135. The molecular formula is C17H25N3O5. The van der Waals surface area contributed by atoms with Gasteiger partial charge < -0.3 is 20.4 Å². The van der Waals surface area contributed by atoms with Crippen LogP contribution < -0.4 is 5.32 Å². The van der Waals surface area contributed by atoms with Crippen molar-refractivity contribution in [1.82, 2.24) is 15.2 Å². The number of fused-ring (bicyclic) bond motifs is 1. The smallest absolute Gasteiger partial charge is 0.300 e. The third-order valence-electron chi connectivity index (χ3n) is 3.70. The summed E-state index contributed by atoms with van der Waals surface area (Å²) in [4.78, 5) is 36.4. The van der Waals surface area contributed by atoms with E-state index in [0.29, 0.717) is 25.0 Å². The van der Waals surface area contributed by atoms with Crippen molar-refractivity contribution >= 4 is 17.8 Å². The van der Waals surface area contributed by atoms with Gasteiger partial charge >= 0.3 is 0 Å². The molecule has 1 amide bonds. The van der Waals surface area contributed by atoms with Gasteiger partial charge in [0.1, 0.15) is 0 Å². The lowest BCUT2D eigenvalue weighted by Crippen LogP contribution is -2.35. The van der Waals surface area contributed by atoms with Crippen molar-refractivity contribution in [3.63, 3.8) is 0 Å². The first-order valence-electron chi connectivity index (χ1n) is 8.05. The molecule has 1 aromatic rings. The molecule has 8 nitrogen and oxygen atoms in total. The number of pyridine rings is 1. The van der Waals surface area contributed by atoms with Gasteiger partial charge in [0, 0.05) is 38.0 Å². The standard InChI is InChI=1S/C13H17N3O.2C2H4O2/c1-9-3-2-4-10(15-9)8-16-12-5-6-14-11(12)7-13(16)17;2*1-2(3)4/h2-4,11-12,14H,5-8H2,1H3;2*1H3,(H,3,4)/t11-,12-;;/m1../s1. The van der Waals surface area contributed by atoms with Gasteiger partial charge in [-0.1, -0.05) is 6.07 Å². The highest BCUT2D eigenvalue weighted by Crippen LogP contribution is 2.27. The van der Waals surface area contributed by atoms with E-state index in [0.717, 1.165) is 38.2 Å². The normalized spacial score (nSPS) is 20.8. The van der Waals surface area contributed by atoms with Crippen LogP contribution in [0.3, 0.4) is 0 Å². The summed E-state index contributed by atoms with van der Waals surface area (Å²) in [7, 11) is 0. The van der Waals surface area contributed by atoms with Crippen LogP contribution in [0.25, 0.3) is 0 Å². The van der Waals surface area contributed by atoms with E-state index in [2.05, 4.69) is 10.3 Å². The first kappa shape index (κ1) is 20.6. The summed E-state index contributed by atoms with van der Waals surface area (Å²) in [6.45, 7) is 5.83. The number of carboxylic acids is 2. The molecule has 2 aliphatic rings. The molecule has 1 aromatic heterocycles. The van der Waals surface area contributed by atoms with Crippen molar-refractivity contribution in [3.8, 4) is 0 Å². The summed E-state index contributed by atoms with van der Waals surface area (Å²) in [6.07, 6.45) is 1.72. The Morgan fingerprint density at radius 2 is 1.88 bits per heavy atom. The Bertz CT molecular complexity index is 600. The zero-order chi connectivity index (χ0) is 19.0. The van der Waals surface area contributed by atoms with E-state index in [9.17, 15) is 4.79 Å². The number of likely N-dealkylation sites (tertiary alicyclic amines) is 1. The van der Waals surface area contributed by atoms with Crippen molar-refractivity contribution in [2.45, 2.75) is 52.2 Å². The fourth-order valence-electron chi connectivity index (χ4n) is 2.89. The summed E-state index contributed by atoms with van der Waals surface area (Å²) < 4.78 is 0. The third kappa shape index (κ3) is 7.30. The number of nitrogens with one attached hydrogen (secondary N) is 1. The van der Waals surface area contributed by atoms with E-state index in [-0.39, 0.29) is 5.91 Å². The Balaban J connectivity index is 0.000000333. The number of carbonyl (C=O) groups excluding carboxylic acids is 1. The molecule has 0 aromatic carbocycles. The van der Waals surface area contributed by atoms with E-state index < -0.39 is 11.9 Å². The summed E-state index contributed by atoms with van der Waals surface area (Å²) in [6, 6.07) is 6.73. The molecule has 3 N–H and O–H groups in total. The Labute approximate surface area is 146 Å². The van der Waals surface area contributed by atoms with Crippen molar-refractivity contribution < 1.29 is 24.6 Å². The molecule has 25 heavy (non-hydrogen) atoms. The summed E-state index contributed by atoms with van der Waals surface area (Å²) >= 11 is 0. The number of hydrogen-bond donors (Lipinski definition) is 3. The van der Waals surface area contributed by atoms with E-state index >= 15 is 0 Å². The molecule has 0 spiro atoms. The summed E-state index contributed by atoms with van der Waals surface area (Å²) in [5.74, 6) is -1.41. The molecule has 2 fully saturated rings. The average Bonchev–Trinajstić information content (AvgIpc) is 3.01. The molecule has 0 aliphatic carbocycles. The molecule has 3 rings (SSSR count). The molecule has 2 atom stereocenters. The van der Waals surface area contributed by atoms with Gasteiger partial charge in [0.25, 0.3) is 11.9 Å². The van der Waals surface area contributed by atoms with Crippen LogP contribution in [0, 0.1) is 6.92 Å². The second kappa shape index (κ2) is 9.73. The monoisotopic (exact) mass is 351 g/mol. The maximum atomic E-state index is 11.9. The number of nitrogens with zero attached hydrogens (tertiary/aromatic N) is 2. The zero-order valence-corrected chi connectivity index (χ0v) is 14.7. The quantitative estimate of drug-likeness (QED) is 0.728. The predicted molar refractivity (Wildman–Crippen MR) is 91.0 cm³/mol. The Morgan fingerprint density at radius 3 is 2.44 bits per heavy atom. The number of aryl methyl sites for hydroxylation is 1. The van der Waals surface area contributed by atoms with Gasteiger partial charge in [-0.25, -0.2) is 0 Å². The molecule has 3 heterocycles. The number of aliphatic carboxylic acids is 2. The molecule has 138 valence electrons. The molecule has 0 unspecified atom stereocenters. The second-order valence-electron chi connectivity index (χ2n) is 5.95. The number of carboxylic acid groups (broad SMARTS) is 2. The van der Waals surface area contributed by atoms with Crippen LogP contribution in [-0.2, 0) is 20.9 Å². The van der Waals surface area contributed by atoms with Crippen LogP contribution in [0.4, 0.5) is 0 Å². The number of carbonyl (C=O) groups is 3. The first-order valence-corrected chi connectivity index (χ1v) is 8.05. The van der Waals surface area contributed by atoms with Crippen LogP contribution in [0.2, 0.25) is 0 Å². The third-order valence-corrected chi connectivity index (χ3v) is 3.70. The molecule has 2 aliphatic heterocycles.